The standard InChI is InChI=1S/C17H23N3O2/c1-14-3-2-4-16(18-14)13-15-5-7-19(8-6-15)17(21)20-9-11-22-12-10-20/h2-4,13H,5-12H2,1H3. The summed E-state index contributed by atoms with van der Waals surface area (Å²) in [6, 6.07) is 6.24. The highest BCUT2D eigenvalue weighted by Crippen LogP contribution is 2.20. The number of hydrogen-bond acceptors (Lipinski definition) is 3. The fourth-order valence-electron chi connectivity index (χ4n) is 2.94. The molecule has 118 valence electrons. The molecule has 5 heteroatoms. The van der Waals surface area contributed by atoms with Crippen LogP contribution in [0.1, 0.15) is 24.2 Å². The second-order valence-corrected chi connectivity index (χ2v) is 5.88. The molecule has 3 rings (SSSR count). The van der Waals surface area contributed by atoms with Crippen molar-refractivity contribution in [3.05, 3.63) is 35.2 Å². The fraction of sp³-hybridized carbons (Fsp3) is 0.529. The van der Waals surface area contributed by atoms with Crippen molar-refractivity contribution in [3.8, 4) is 0 Å². The van der Waals surface area contributed by atoms with Gasteiger partial charge >= 0.3 is 6.03 Å². The van der Waals surface area contributed by atoms with Crippen molar-refractivity contribution >= 4 is 12.1 Å². The van der Waals surface area contributed by atoms with Gasteiger partial charge in [0, 0.05) is 31.9 Å². The SMILES string of the molecule is Cc1cccc(C=C2CCN(C(=O)N3CCOCC3)CC2)n1. The molecule has 0 radical (unpaired) electrons. The fourth-order valence-corrected chi connectivity index (χ4v) is 2.94. The van der Waals surface area contributed by atoms with Crippen LogP contribution in [0.15, 0.2) is 23.8 Å². The monoisotopic (exact) mass is 301 g/mol. The first kappa shape index (κ1) is 15.0. The summed E-state index contributed by atoms with van der Waals surface area (Å²) in [6.45, 7) is 6.34. The van der Waals surface area contributed by atoms with E-state index in [2.05, 4.69) is 11.1 Å². The lowest BCUT2D eigenvalue weighted by Crippen LogP contribution is -2.49. The zero-order valence-corrected chi connectivity index (χ0v) is 13.1. The average Bonchev–Trinajstić information content (AvgIpc) is 2.56. The lowest BCUT2D eigenvalue weighted by molar-refractivity contribution is 0.0427. The summed E-state index contributed by atoms with van der Waals surface area (Å²) in [6.07, 6.45) is 4.04. The molecule has 0 spiro atoms. The molecule has 1 aromatic heterocycles. The summed E-state index contributed by atoms with van der Waals surface area (Å²) in [5, 5.41) is 0. The van der Waals surface area contributed by atoms with Gasteiger partial charge in [0.15, 0.2) is 0 Å². The molecular formula is C17H23N3O2. The van der Waals surface area contributed by atoms with Crippen molar-refractivity contribution in [1.82, 2.24) is 14.8 Å². The summed E-state index contributed by atoms with van der Waals surface area (Å²) in [7, 11) is 0. The number of rotatable bonds is 1. The molecule has 0 saturated carbocycles. The smallest absolute Gasteiger partial charge is 0.320 e. The zero-order valence-electron chi connectivity index (χ0n) is 13.1. The Kier molecular flexibility index (Phi) is 4.73. The van der Waals surface area contributed by atoms with E-state index in [0.717, 1.165) is 37.3 Å². The maximum atomic E-state index is 12.4. The number of carbonyl (C=O) groups excluding carboxylic acids is 1. The van der Waals surface area contributed by atoms with E-state index in [4.69, 9.17) is 4.74 Å². The number of ether oxygens (including phenoxy) is 1. The number of hydrogen-bond donors (Lipinski definition) is 0. The number of carbonyl (C=O) groups is 1. The van der Waals surface area contributed by atoms with Gasteiger partial charge in [-0.05, 0) is 38.0 Å². The van der Waals surface area contributed by atoms with Gasteiger partial charge in [0.25, 0.3) is 0 Å². The Morgan fingerprint density at radius 3 is 2.50 bits per heavy atom. The molecule has 0 aromatic carbocycles. The Labute approximate surface area is 131 Å². The van der Waals surface area contributed by atoms with E-state index >= 15 is 0 Å². The first-order valence-corrected chi connectivity index (χ1v) is 7.97. The van der Waals surface area contributed by atoms with Crippen LogP contribution in [0.3, 0.4) is 0 Å². The van der Waals surface area contributed by atoms with E-state index in [-0.39, 0.29) is 6.03 Å². The average molecular weight is 301 g/mol. The van der Waals surface area contributed by atoms with Gasteiger partial charge in [0.2, 0.25) is 0 Å². The number of urea groups is 1. The number of amides is 2. The van der Waals surface area contributed by atoms with Crippen LogP contribution < -0.4 is 0 Å². The maximum Gasteiger partial charge on any atom is 0.320 e. The number of pyridine rings is 1. The molecule has 2 aliphatic rings. The van der Waals surface area contributed by atoms with Gasteiger partial charge in [-0.25, -0.2) is 4.79 Å². The lowest BCUT2D eigenvalue weighted by atomic mass is 10.0. The van der Waals surface area contributed by atoms with Crippen molar-refractivity contribution in [1.29, 1.82) is 0 Å². The van der Waals surface area contributed by atoms with Crippen LogP contribution >= 0.6 is 0 Å². The third-order valence-corrected chi connectivity index (χ3v) is 4.22. The van der Waals surface area contributed by atoms with Crippen molar-refractivity contribution < 1.29 is 9.53 Å². The van der Waals surface area contributed by atoms with Crippen LogP contribution in [-0.2, 0) is 4.74 Å². The van der Waals surface area contributed by atoms with Gasteiger partial charge in [-0.3, -0.25) is 4.98 Å². The normalized spacial score (nSPS) is 19.2. The molecule has 2 fully saturated rings. The highest BCUT2D eigenvalue weighted by Gasteiger charge is 2.25. The number of nitrogens with zero attached hydrogens (tertiary/aromatic N) is 3. The molecule has 0 atom stereocenters. The molecule has 5 nitrogen and oxygen atoms in total. The largest absolute Gasteiger partial charge is 0.378 e. The third-order valence-electron chi connectivity index (χ3n) is 4.22. The van der Waals surface area contributed by atoms with Crippen LogP contribution in [0.25, 0.3) is 6.08 Å². The van der Waals surface area contributed by atoms with E-state index < -0.39 is 0 Å². The van der Waals surface area contributed by atoms with Gasteiger partial charge in [-0.15, -0.1) is 0 Å². The molecule has 3 heterocycles. The molecule has 2 saturated heterocycles. The van der Waals surface area contributed by atoms with Crippen molar-refractivity contribution in [2.45, 2.75) is 19.8 Å². The van der Waals surface area contributed by atoms with Gasteiger partial charge in [-0.1, -0.05) is 11.6 Å². The lowest BCUT2D eigenvalue weighted by Gasteiger charge is -2.35. The molecule has 0 N–H and O–H groups in total. The van der Waals surface area contributed by atoms with Crippen molar-refractivity contribution in [3.63, 3.8) is 0 Å². The quantitative estimate of drug-likeness (QED) is 0.799. The first-order valence-electron chi connectivity index (χ1n) is 7.97. The highest BCUT2D eigenvalue weighted by molar-refractivity contribution is 5.75. The van der Waals surface area contributed by atoms with E-state index in [1.807, 2.05) is 34.9 Å². The van der Waals surface area contributed by atoms with Gasteiger partial charge in [0.05, 0.1) is 18.9 Å². The summed E-state index contributed by atoms with van der Waals surface area (Å²) >= 11 is 0. The van der Waals surface area contributed by atoms with E-state index in [0.29, 0.717) is 26.3 Å². The molecule has 2 aliphatic heterocycles. The second-order valence-electron chi connectivity index (χ2n) is 5.88. The van der Waals surface area contributed by atoms with Crippen LogP contribution in [0.5, 0.6) is 0 Å². The topological polar surface area (TPSA) is 45.7 Å². The first-order chi connectivity index (χ1) is 10.7. The Balaban J connectivity index is 1.56. The number of morpholine rings is 1. The van der Waals surface area contributed by atoms with Crippen LogP contribution in [0.4, 0.5) is 4.79 Å². The van der Waals surface area contributed by atoms with E-state index in [1.165, 1.54) is 5.57 Å². The van der Waals surface area contributed by atoms with E-state index in [1.54, 1.807) is 0 Å². The van der Waals surface area contributed by atoms with Crippen molar-refractivity contribution in [2.24, 2.45) is 0 Å². The minimum absolute atomic E-state index is 0.163. The predicted octanol–water partition coefficient (Wildman–Crippen LogP) is 2.32. The minimum Gasteiger partial charge on any atom is -0.378 e. The second kappa shape index (κ2) is 6.92. The molecule has 22 heavy (non-hydrogen) atoms. The summed E-state index contributed by atoms with van der Waals surface area (Å²) in [5.41, 5.74) is 3.43. The van der Waals surface area contributed by atoms with Gasteiger partial charge in [-0.2, -0.15) is 0 Å². The summed E-state index contributed by atoms with van der Waals surface area (Å²) in [4.78, 5) is 20.8. The number of likely N-dealkylation sites (tertiary alicyclic amines) is 1. The van der Waals surface area contributed by atoms with Gasteiger partial charge < -0.3 is 14.5 Å². The molecule has 2 amide bonds. The van der Waals surface area contributed by atoms with Gasteiger partial charge in [0.1, 0.15) is 0 Å². The van der Waals surface area contributed by atoms with Crippen molar-refractivity contribution in [2.75, 3.05) is 39.4 Å². The summed E-state index contributed by atoms with van der Waals surface area (Å²) in [5.74, 6) is 0. The van der Waals surface area contributed by atoms with Crippen LogP contribution in [0, 0.1) is 6.92 Å². The predicted molar refractivity (Wildman–Crippen MR) is 85.5 cm³/mol. The molecule has 1 aromatic rings. The number of aryl methyl sites for hydroxylation is 1. The molecular weight excluding hydrogens is 278 g/mol. The van der Waals surface area contributed by atoms with E-state index in [9.17, 15) is 4.79 Å². The van der Waals surface area contributed by atoms with Crippen LogP contribution in [-0.4, -0.2) is 60.2 Å². The molecule has 0 bridgehead atoms. The summed E-state index contributed by atoms with van der Waals surface area (Å²) < 4.78 is 5.30. The third kappa shape index (κ3) is 3.65. The zero-order chi connectivity index (χ0) is 15.4. The maximum absolute atomic E-state index is 12.4. The Morgan fingerprint density at radius 2 is 1.82 bits per heavy atom. The minimum atomic E-state index is 0.163. The number of piperidine rings is 1. The molecule has 0 aliphatic carbocycles. The Hall–Kier alpha value is -1.88. The number of aromatic nitrogens is 1. The Morgan fingerprint density at radius 1 is 1.14 bits per heavy atom. The van der Waals surface area contributed by atoms with Crippen LogP contribution in [0.2, 0.25) is 0 Å². The Bertz CT molecular complexity index is 555. The highest BCUT2D eigenvalue weighted by atomic mass is 16.5. The molecule has 0 unspecified atom stereocenters.